The molecule has 6 heteroatoms. The number of hydrogen-bond donors (Lipinski definition) is 0. The first-order valence-corrected chi connectivity index (χ1v) is 7.06. The van der Waals surface area contributed by atoms with E-state index >= 15 is 0 Å². The molecule has 19 heavy (non-hydrogen) atoms. The molecule has 3 aliphatic rings. The SMILES string of the molecule is CC(C)N1CC2CCC(C1)N2C(=O)N1CC(F)(F)C1. The molecule has 0 aromatic carbocycles. The molecule has 0 aromatic heterocycles. The van der Waals surface area contributed by atoms with E-state index in [-0.39, 0.29) is 18.1 Å². The Balaban J connectivity index is 1.66. The van der Waals surface area contributed by atoms with E-state index in [0.717, 1.165) is 25.9 Å². The molecule has 3 heterocycles. The average molecular weight is 273 g/mol. The van der Waals surface area contributed by atoms with Gasteiger partial charge in [0.2, 0.25) is 0 Å². The van der Waals surface area contributed by atoms with E-state index in [1.54, 1.807) is 0 Å². The molecule has 2 atom stereocenters. The van der Waals surface area contributed by atoms with Crippen LogP contribution in [0.25, 0.3) is 0 Å². The fraction of sp³-hybridized carbons (Fsp3) is 0.923. The number of amides is 2. The van der Waals surface area contributed by atoms with E-state index in [9.17, 15) is 13.6 Å². The third kappa shape index (κ3) is 2.20. The topological polar surface area (TPSA) is 26.8 Å². The van der Waals surface area contributed by atoms with Gasteiger partial charge in [-0.3, -0.25) is 4.90 Å². The van der Waals surface area contributed by atoms with E-state index in [4.69, 9.17) is 0 Å². The molecule has 0 aliphatic carbocycles. The number of fused-ring (bicyclic) bond motifs is 2. The number of piperazine rings is 1. The van der Waals surface area contributed by atoms with E-state index in [1.165, 1.54) is 4.90 Å². The van der Waals surface area contributed by atoms with E-state index < -0.39 is 19.0 Å². The van der Waals surface area contributed by atoms with Gasteiger partial charge in [-0.25, -0.2) is 13.6 Å². The third-order valence-electron chi connectivity index (χ3n) is 4.58. The number of alkyl halides is 2. The van der Waals surface area contributed by atoms with Crippen LogP contribution in [0.1, 0.15) is 26.7 Å². The van der Waals surface area contributed by atoms with Crippen LogP contribution in [0.4, 0.5) is 13.6 Å². The molecule has 3 rings (SSSR count). The van der Waals surface area contributed by atoms with Gasteiger partial charge < -0.3 is 9.80 Å². The fourth-order valence-electron chi connectivity index (χ4n) is 3.48. The molecule has 0 aromatic rings. The molecular formula is C13H21F2N3O. The van der Waals surface area contributed by atoms with Crippen molar-refractivity contribution in [3.63, 3.8) is 0 Å². The van der Waals surface area contributed by atoms with Crippen LogP contribution in [0.2, 0.25) is 0 Å². The van der Waals surface area contributed by atoms with Crippen molar-refractivity contribution < 1.29 is 13.6 Å². The zero-order valence-electron chi connectivity index (χ0n) is 11.5. The standard InChI is InChI=1S/C13H21F2N3O/c1-9(2)16-5-10-3-4-11(6-16)18(10)12(19)17-7-13(14,15)8-17/h9-11H,3-8H2,1-2H3. The maximum absolute atomic E-state index is 12.9. The Bertz CT molecular complexity index is 366. The molecule has 0 N–H and O–H groups in total. The minimum absolute atomic E-state index is 0.179. The maximum Gasteiger partial charge on any atom is 0.321 e. The molecule has 3 fully saturated rings. The number of nitrogens with zero attached hydrogens (tertiary/aromatic N) is 3. The summed E-state index contributed by atoms with van der Waals surface area (Å²) in [5.41, 5.74) is 0. The number of carbonyl (C=O) groups is 1. The molecular weight excluding hydrogens is 252 g/mol. The number of rotatable bonds is 1. The number of halogens is 2. The van der Waals surface area contributed by atoms with Gasteiger partial charge in [0.05, 0.1) is 13.1 Å². The lowest BCUT2D eigenvalue weighted by Gasteiger charge is -2.47. The summed E-state index contributed by atoms with van der Waals surface area (Å²) in [5.74, 6) is -2.67. The lowest BCUT2D eigenvalue weighted by molar-refractivity contribution is -0.117. The highest BCUT2D eigenvalue weighted by Crippen LogP contribution is 2.35. The van der Waals surface area contributed by atoms with E-state index in [2.05, 4.69) is 18.7 Å². The average Bonchev–Trinajstić information content (AvgIpc) is 2.55. The molecule has 2 amide bonds. The van der Waals surface area contributed by atoms with Crippen LogP contribution in [0, 0.1) is 0 Å². The number of urea groups is 1. The normalized spacial score (nSPS) is 33.7. The second-order valence-corrected chi connectivity index (χ2v) is 6.33. The van der Waals surface area contributed by atoms with Gasteiger partial charge in [-0.05, 0) is 26.7 Å². The highest BCUT2D eigenvalue weighted by atomic mass is 19.3. The minimum Gasteiger partial charge on any atom is -0.316 e. The molecule has 0 radical (unpaired) electrons. The van der Waals surface area contributed by atoms with Crippen molar-refractivity contribution in [2.24, 2.45) is 0 Å². The molecule has 2 bridgehead atoms. The first kappa shape index (κ1) is 13.1. The summed E-state index contributed by atoms with van der Waals surface area (Å²) in [7, 11) is 0. The maximum atomic E-state index is 12.9. The summed E-state index contributed by atoms with van der Waals surface area (Å²) < 4.78 is 25.7. The van der Waals surface area contributed by atoms with Crippen molar-refractivity contribution >= 4 is 6.03 Å². The summed E-state index contributed by atoms with van der Waals surface area (Å²) in [6.45, 7) is 5.26. The van der Waals surface area contributed by atoms with Crippen LogP contribution in [0.15, 0.2) is 0 Å². The second-order valence-electron chi connectivity index (χ2n) is 6.33. The van der Waals surface area contributed by atoms with Crippen LogP contribution in [0.5, 0.6) is 0 Å². The van der Waals surface area contributed by atoms with Gasteiger partial charge in [0.25, 0.3) is 5.92 Å². The Morgan fingerprint density at radius 2 is 1.68 bits per heavy atom. The Hall–Kier alpha value is -0.910. The zero-order chi connectivity index (χ0) is 13.8. The van der Waals surface area contributed by atoms with Crippen molar-refractivity contribution in [3.05, 3.63) is 0 Å². The molecule has 0 spiro atoms. The second kappa shape index (κ2) is 4.30. The van der Waals surface area contributed by atoms with Gasteiger partial charge in [0.1, 0.15) is 0 Å². The largest absolute Gasteiger partial charge is 0.321 e. The molecule has 108 valence electrons. The zero-order valence-corrected chi connectivity index (χ0v) is 11.5. The van der Waals surface area contributed by atoms with Crippen LogP contribution in [-0.2, 0) is 0 Å². The van der Waals surface area contributed by atoms with Crippen molar-refractivity contribution in [2.45, 2.75) is 50.7 Å². The summed E-state index contributed by atoms with van der Waals surface area (Å²) >= 11 is 0. The first-order valence-electron chi connectivity index (χ1n) is 7.06. The Kier molecular flexibility index (Phi) is 2.96. The Morgan fingerprint density at radius 1 is 1.16 bits per heavy atom. The number of likely N-dealkylation sites (tertiary alicyclic amines) is 2. The van der Waals surface area contributed by atoms with Gasteiger partial charge >= 0.3 is 6.03 Å². The van der Waals surface area contributed by atoms with Crippen LogP contribution in [-0.4, -0.2) is 71.0 Å². The summed E-state index contributed by atoms with van der Waals surface area (Å²) in [4.78, 5) is 17.8. The van der Waals surface area contributed by atoms with Gasteiger partial charge in [-0.1, -0.05) is 0 Å². The van der Waals surface area contributed by atoms with Crippen LogP contribution < -0.4 is 0 Å². The first-order chi connectivity index (χ1) is 8.87. The molecule has 4 nitrogen and oxygen atoms in total. The van der Waals surface area contributed by atoms with Crippen molar-refractivity contribution in [1.82, 2.24) is 14.7 Å². The smallest absolute Gasteiger partial charge is 0.316 e. The van der Waals surface area contributed by atoms with Gasteiger partial charge in [-0.2, -0.15) is 0 Å². The molecule has 2 unspecified atom stereocenters. The number of hydrogen-bond acceptors (Lipinski definition) is 2. The van der Waals surface area contributed by atoms with Gasteiger partial charge in [0.15, 0.2) is 0 Å². The quantitative estimate of drug-likeness (QED) is 0.726. The highest BCUT2D eigenvalue weighted by Gasteiger charge is 2.51. The van der Waals surface area contributed by atoms with E-state index in [1.807, 2.05) is 4.90 Å². The van der Waals surface area contributed by atoms with Gasteiger partial charge in [-0.15, -0.1) is 0 Å². The monoisotopic (exact) mass is 273 g/mol. The lowest BCUT2D eigenvalue weighted by Crippen LogP contribution is -2.66. The highest BCUT2D eigenvalue weighted by molar-refractivity contribution is 5.77. The van der Waals surface area contributed by atoms with Crippen molar-refractivity contribution in [2.75, 3.05) is 26.2 Å². The third-order valence-corrected chi connectivity index (χ3v) is 4.58. The Labute approximate surface area is 112 Å². The lowest BCUT2D eigenvalue weighted by atomic mass is 10.1. The Morgan fingerprint density at radius 3 is 2.11 bits per heavy atom. The van der Waals surface area contributed by atoms with Crippen LogP contribution in [0.3, 0.4) is 0 Å². The summed E-state index contributed by atoms with van der Waals surface area (Å²) in [5, 5.41) is 0. The molecule has 3 saturated heterocycles. The minimum atomic E-state index is -2.67. The van der Waals surface area contributed by atoms with Crippen LogP contribution >= 0.6 is 0 Å². The summed E-state index contributed by atoms with van der Waals surface area (Å²) in [6, 6.07) is 0.723. The van der Waals surface area contributed by atoms with E-state index in [0.29, 0.717) is 6.04 Å². The van der Waals surface area contributed by atoms with Crippen molar-refractivity contribution in [3.8, 4) is 0 Å². The van der Waals surface area contributed by atoms with Crippen molar-refractivity contribution in [1.29, 1.82) is 0 Å². The van der Waals surface area contributed by atoms with Gasteiger partial charge in [0, 0.05) is 31.2 Å². The summed E-state index contributed by atoms with van der Waals surface area (Å²) in [6.07, 6.45) is 2.01. The number of carbonyl (C=O) groups excluding carboxylic acids is 1. The predicted octanol–water partition coefficient (Wildman–Crippen LogP) is 1.61. The molecule has 3 aliphatic heterocycles. The predicted molar refractivity (Wildman–Crippen MR) is 67.3 cm³/mol. The molecule has 0 saturated carbocycles. The fourth-order valence-corrected chi connectivity index (χ4v) is 3.48.